The zero-order chi connectivity index (χ0) is 12.0. The van der Waals surface area contributed by atoms with Crippen molar-refractivity contribution in [2.24, 2.45) is 0 Å². The third-order valence-electron chi connectivity index (χ3n) is 1.78. The summed E-state index contributed by atoms with van der Waals surface area (Å²) in [4.78, 5) is 10.9. The lowest BCUT2D eigenvalue weighted by atomic mass is 10.2. The van der Waals surface area contributed by atoms with E-state index in [2.05, 4.69) is 21.3 Å². The number of benzene rings is 1. The van der Waals surface area contributed by atoms with Crippen LogP contribution in [0.1, 0.15) is 0 Å². The van der Waals surface area contributed by atoms with Crippen LogP contribution in [-0.4, -0.2) is 19.7 Å². The van der Waals surface area contributed by atoms with Crippen LogP contribution in [0.4, 0.5) is 20.6 Å². The molecular weight excluding hydrogens is 211 g/mol. The molecule has 1 aromatic carbocycles. The van der Waals surface area contributed by atoms with Crippen LogP contribution in [0.5, 0.6) is 0 Å². The molecule has 16 heavy (non-hydrogen) atoms. The number of nitrogens with one attached hydrogen (secondary N) is 2. The molecule has 0 heterocycles. The minimum Gasteiger partial charge on any atom is -0.453 e. The molecule has 0 unspecified atom stereocenters. The highest BCUT2D eigenvalue weighted by molar-refractivity contribution is 5.85. The number of rotatable bonds is 3. The summed E-state index contributed by atoms with van der Waals surface area (Å²) < 4.78 is 17.6. The second-order valence-corrected chi connectivity index (χ2v) is 2.87. The Bertz CT molecular complexity index is 426. The van der Waals surface area contributed by atoms with Gasteiger partial charge in [0.15, 0.2) is 0 Å². The predicted octanol–water partition coefficient (Wildman–Crippen LogP) is 2.05. The van der Waals surface area contributed by atoms with E-state index in [1.54, 1.807) is 0 Å². The molecule has 1 aromatic rings. The summed E-state index contributed by atoms with van der Waals surface area (Å²) in [7, 11) is 1.20. The average molecular weight is 222 g/mol. The minimum atomic E-state index is -0.729. The summed E-state index contributed by atoms with van der Waals surface area (Å²) in [6.45, 7) is 0.323. The van der Waals surface area contributed by atoms with Crippen molar-refractivity contribution < 1.29 is 13.9 Å². The predicted molar refractivity (Wildman–Crippen MR) is 59.8 cm³/mol. The van der Waals surface area contributed by atoms with E-state index in [1.807, 2.05) is 0 Å². The molecule has 0 bridgehead atoms. The van der Waals surface area contributed by atoms with Gasteiger partial charge >= 0.3 is 6.09 Å². The van der Waals surface area contributed by atoms with Gasteiger partial charge in [-0.15, -0.1) is 6.42 Å². The average Bonchev–Trinajstić information content (AvgIpc) is 2.30. The van der Waals surface area contributed by atoms with Crippen LogP contribution in [0.25, 0.3) is 0 Å². The van der Waals surface area contributed by atoms with Gasteiger partial charge in [-0.2, -0.15) is 0 Å². The van der Waals surface area contributed by atoms with E-state index in [0.29, 0.717) is 12.2 Å². The molecule has 0 aliphatic rings. The lowest BCUT2D eigenvalue weighted by molar-refractivity contribution is 0.187. The monoisotopic (exact) mass is 222 g/mol. The van der Waals surface area contributed by atoms with Gasteiger partial charge < -0.3 is 10.1 Å². The molecule has 1 rings (SSSR count). The van der Waals surface area contributed by atoms with Gasteiger partial charge in [0.2, 0.25) is 0 Å². The number of hydrogen-bond donors (Lipinski definition) is 2. The molecule has 2 N–H and O–H groups in total. The fourth-order valence-corrected chi connectivity index (χ4v) is 1.05. The van der Waals surface area contributed by atoms with Crippen molar-refractivity contribution in [3.8, 4) is 12.3 Å². The first-order valence-corrected chi connectivity index (χ1v) is 4.49. The largest absolute Gasteiger partial charge is 0.453 e. The van der Waals surface area contributed by atoms with E-state index in [9.17, 15) is 9.18 Å². The van der Waals surface area contributed by atoms with Crippen molar-refractivity contribution in [3.63, 3.8) is 0 Å². The Morgan fingerprint density at radius 2 is 2.38 bits per heavy atom. The minimum absolute atomic E-state index is 0.0360. The van der Waals surface area contributed by atoms with Gasteiger partial charge in [-0.3, -0.25) is 5.32 Å². The number of carbonyl (C=O) groups excluding carboxylic acids is 1. The van der Waals surface area contributed by atoms with Gasteiger partial charge in [-0.1, -0.05) is 5.92 Å². The Morgan fingerprint density at radius 3 is 3.00 bits per heavy atom. The molecular formula is C11H11FN2O2. The zero-order valence-corrected chi connectivity index (χ0v) is 8.71. The van der Waals surface area contributed by atoms with Crippen molar-refractivity contribution in [2.45, 2.75) is 0 Å². The molecule has 0 saturated carbocycles. The van der Waals surface area contributed by atoms with E-state index >= 15 is 0 Å². The SMILES string of the molecule is C#CCNc1ccc(F)c(NC(=O)OC)c1. The number of halogens is 1. The Balaban J connectivity index is 2.82. The first kappa shape index (κ1) is 11.9. The highest BCUT2D eigenvalue weighted by Gasteiger charge is 2.07. The van der Waals surface area contributed by atoms with Crippen molar-refractivity contribution in [1.29, 1.82) is 0 Å². The molecule has 0 aliphatic heterocycles. The molecule has 0 spiro atoms. The van der Waals surface area contributed by atoms with Crippen molar-refractivity contribution >= 4 is 17.5 Å². The number of ether oxygens (including phenoxy) is 1. The van der Waals surface area contributed by atoms with Crippen LogP contribution >= 0.6 is 0 Å². The molecule has 84 valence electrons. The number of carbonyl (C=O) groups is 1. The lowest BCUT2D eigenvalue weighted by Gasteiger charge is -2.08. The lowest BCUT2D eigenvalue weighted by Crippen LogP contribution is -2.12. The maximum absolute atomic E-state index is 13.3. The van der Waals surface area contributed by atoms with Crippen molar-refractivity contribution in [2.75, 3.05) is 24.3 Å². The van der Waals surface area contributed by atoms with Gasteiger partial charge in [0, 0.05) is 5.69 Å². The summed E-state index contributed by atoms with van der Waals surface area (Å²) in [6.07, 6.45) is 4.34. The number of terminal acetylenes is 1. The van der Waals surface area contributed by atoms with Gasteiger partial charge in [-0.05, 0) is 18.2 Å². The molecule has 1 amide bonds. The van der Waals surface area contributed by atoms with Gasteiger partial charge in [0.1, 0.15) is 5.82 Å². The Kier molecular flexibility index (Phi) is 4.16. The first-order valence-electron chi connectivity index (χ1n) is 4.49. The molecule has 5 heteroatoms. The highest BCUT2D eigenvalue weighted by Crippen LogP contribution is 2.19. The maximum Gasteiger partial charge on any atom is 0.411 e. The van der Waals surface area contributed by atoms with Gasteiger partial charge in [-0.25, -0.2) is 9.18 Å². The smallest absolute Gasteiger partial charge is 0.411 e. The summed E-state index contributed by atoms with van der Waals surface area (Å²) in [5.41, 5.74) is 0.652. The van der Waals surface area contributed by atoms with E-state index in [0.717, 1.165) is 0 Å². The molecule has 0 fully saturated rings. The normalized spacial score (nSPS) is 9.06. The molecule has 4 nitrogen and oxygen atoms in total. The topological polar surface area (TPSA) is 50.4 Å². The molecule has 0 aromatic heterocycles. The number of amides is 1. The summed E-state index contributed by atoms with van der Waals surface area (Å²) in [6, 6.07) is 4.18. The summed E-state index contributed by atoms with van der Waals surface area (Å²) >= 11 is 0. The Hall–Kier alpha value is -2.22. The Morgan fingerprint density at radius 1 is 1.62 bits per heavy atom. The van der Waals surface area contributed by atoms with E-state index in [4.69, 9.17) is 6.42 Å². The molecule has 0 saturated heterocycles. The standard InChI is InChI=1S/C11H11FN2O2/c1-3-6-13-8-4-5-9(12)10(7-8)14-11(15)16-2/h1,4-5,7,13H,6H2,2H3,(H,14,15). The fourth-order valence-electron chi connectivity index (χ4n) is 1.05. The van der Waals surface area contributed by atoms with Gasteiger partial charge in [0.05, 0.1) is 19.3 Å². The number of anilines is 2. The van der Waals surface area contributed by atoms with Crippen LogP contribution in [0, 0.1) is 18.2 Å². The van der Waals surface area contributed by atoms with Crippen LogP contribution < -0.4 is 10.6 Å². The number of hydrogen-bond acceptors (Lipinski definition) is 3. The highest BCUT2D eigenvalue weighted by atomic mass is 19.1. The third kappa shape index (κ3) is 3.17. The third-order valence-corrected chi connectivity index (χ3v) is 1.78. The van der Waals surface area contributed by atoms with Crippen LogP contribution in [0.15, 0.2) is 18.2 Å². The first-order chi connectivity index (χ1) is 7.67. The summed E-state index contributed by atoms with van der Waals surface area (Å²) in [5.74, 6) is 1.84. The van der Waals surface area contributed by atoms with Crippen LogP contribution in [0.3, 0.4) is 0 Å². The quantitative estimate of drug-likeness (QED) is 0.769. The van der Waals surface area contributed by atoms with Crippen molar-refractivity contribution in [3.05, 3.63) is 24.0 Å². The van der Waals surface area contributed by atoms with Crippen LogP contribution in [-0.2, 0) is 4.74 Å². The second kappa shape index (κ2) is 5.61. The summed E-state index contributed by atoms with van der Waals surface area (Å²) in [5, 5.41) is 5.11. The molecule has 0 atom stereocenters. The molecule has 0 aliphatic carbocycles. The maximum atomic E-state index is 13.3. The van der Waals surface area contributed by atoms with E-state index in [1.165, 1.54) is 25.3 Å². The fraction of sp³-hybridized carbons (Fsp3) is 0.182. The molecule has 0 radical (unpaired) electrons. The Labute approximate surface area is 92.8 Å². The van der Waals surface area contributed by atoms with E-state index < -0.39 is 11.9 Å². The zero-order valence-electron chi connectivity index (χ0n) is 8.71. The second-order valence-electron chi connectivity index (χ2n) is 2.87. The number of methoxy groups -OCH3 is 1. The van der Waals surface area contributed by atoms with Crippen molar-refractivity contribution in [1.82, 2.24) is 0 Å². The van der Waals surface area contributed by atoms with Gasteiger partial charge in [0.25, 0.3) is 0 Å². The van der Waals surface area contributed by atoms with E-state index in [-0.39, 0.29) is 5.69 Å². The van der Waals surface area contributed by atoms with Crippen LogP contribution in [0.2, 0.25) is 0 Å².